The van der Waals surface area contributed by atoms with Crippen molar-refractivity contribution in [2.45, 2.75) is 32.7 Å². The normalized spacial score (nSPS) is 12.9. The Labute approximate surface area is 216 Å². The summed E-state index contributed by atoms with van der Waals surface area (Å²) in [5.41, 5.74) is 9.01. The molecule has 5 heteroatoms. The number of hydrogen-bond donors (Lipinski definition) is 0. The second-order valence-electron chi connectivity index (χ2n) is 9.65. The average Bonchev–Trinajstić information content (AvgIpc) is 3.36. The maximum Gasteiger partial charge on any atom is 0.214 e. The third-order valence-electron chi connectivity index (χ3n) is 7.41. The van der Waals surface area contributed by atoms with Gasteiger partial charge in [-0.3, -0.25) is 9.20 Å². The first kappa shape index (κ1) is 23.2. The van der Waals surface area contributed by atoms with Crippen LogP contribution >= 0.6 is 0 Å². The molecule has 0 atom stereocenters. The molecular weight excluding hydrogens is 460 g/mol. The Morgan fingerprint density at radius 2 is 1.68 bits per heavy atom. The molecule has 0 aliphatic carbocycles. The number of nitrogens with zero attached hydrogens (tertiary/aromatic N) is 2. The molecule has 0 fully saturated rings. The van der Waals surface area contributed by atoms with E-state index in [1.165, 1.54) is 11.1 Å². The first-order chi connectivity index (χ1) is 18.1. The molecule has 6 rings (SSSR count). The Kier molecular flexibility index (Phi) is 5.84. The zero-order valence-corrected chi connectivity index (χ0v) is 21.5. The van der Waals surface area contributed by atoms with Crippen LogP contribution in [0.3, 0.4) is 0 Å². The van der Waals surface area contributed by atoms with Crippen LogP contribution in [0, 0.1) is 6.92 Å². The lowest BCUT2D eigenvalue weighted by Crippen LogP contribution is -2.08. The van der Waals surface area contributed by atoms with Gasteiger partial charge in [0.1, 0.15) is 22.8 Å². The van der Waals surface area contributed by atoms with Crippen LogP contribution in [0.2, 0.25) is 0 Å². The van der Waals surface area contributed by atoms with E-state index in [2.05, 4.69) is 52.4 Å². The number of carbonyl (C=O) groups is 1. The van der Waals surface area contributed by atoms with Gasteiger partial charge in [-0.25, -0.2) is 0 Å². The van der Waals surface area contributed by atoms with Crippen molar-refractivity contribution in [1.82, 2.24) is 8.97 Å². The van der Waals surface area contributed by atoms with E-state index in [1.54, 1.807) is 14.2 Å². The number of aromatic nitrogens is 2. The summed E-state index contributed by atoms with van der Waals surface area (Å²) in [6.07, 6.45) is 5.20. The number of aryl methyl sites for hydroxylation is 3. The number of para-hydroxylation sites is 1. The van der Waals surface area contributed by atoms with Crippen molar-refractivity contribution in [2.75, 3.05) is 14.2 Å². The van der Waals surface area contributed by atoms with Crippen LogP contribution in [0.4, 0.5) is 0 Å². The lowest BCUT2D eigenvalue weighted by atomic mass is 9.94. The molecular formula is C32H30N2O3. The van der Waals surface area contributed by atoms with E-state index in [-0.39, 0.29) is 5.78 Å². The van der Waals surface area contributed by atoms with E-state index < -0.39 is 0 Å². The lowest BCUT2D eigenvalue weighted by molar-refractivity contribution is 0.103. The van der Waals surface area contributed by atoms with Crippen molar-refractivity contribution in [3.63, 3.8) is 0 Å². The molecule has 5 aromatic rings. The molecule has 3 heterocycles. The van der Waals surface area contributed by atoms with E-state index >= 15 is 0 Å². The number of ketones is 1. The van der Waals surface area contributed by atoms with Gasteiger partial charge in [0.15, 0.2) is 0 Å². The number of hydrogen-bond acceptors (Lipinski definition) is 3. The Balaban J connectivity index is 1.69. The molecule has 3 aromatic carbocycles. The summed E-state index contributed by atoms with van der Waals surface area (Å²) in [5, 5.41) is 0. The predicted molar refractivity (Wildman–Crippen MR) is 147 cm³/mol. The van der Waals surface area contributed by atoms with Gasteiger partial charge in [-0.05, 0) is 61.6 Å². The second kappa shape index (κ2) is 9.32. The fourth-order valence-corrected chi connectivity index (χ4v) is 5.61. The minimum absolute atomic E-state index is 0.0512. The second-order valence-corrected chi connectivity index (χ2v) is 9.65. The molecule has 186 valence electrons. The van der Waals surface area contributed by atoms with Crippen LogP contribution in [-0.2, 0) is 13.0 Å². The first-order valence-corrected chi connectivity index (χ1v) is 12.8. The Bertz CT molecular complexity index is 1620. The summed E-state index contributed by atoms with van der Waals surface area (Å²) in [4.78, 5) is 14.4. The highest BCUT2D eigenvalue weighted by atomic mass is 16.5. The van der Waals surface area contributed by atoms with Crippen LogP contribution in [0.5, 0.6) is 11.5 Å². The van der Waals surface area contributed by atoms with Crippen molar-refractivity contribution in [1.29, 1.82) is 0 Å². The van der Waals surface area contributed by atoms with Crippen molar-refractivity contribution in [2.24, 2.45) is 0 Å². The zero-order chi connectivity index (χ0) is 25.5. The average molecular weight is 491 g/mol. The molecule has 0 saturated carbocycles. The number of ether oxygens (including phenoxy) is 2. The van der Waals surface area contributed by atoms with Crippen molar-refractivity contribution < 1.29 is 14.3 Å². The number of carbonyl (C=O) groups excluding carboxylic acids is 1. The number of benzene rings is 3. The Morgan fingerprint density at radius 1 is 0.865 bits per heavy atom. The molecule has 0 radical (unpaired) electrons. The van der Waals surface area contributed by atoms with Gasteiger partial charge in [0.25, 0.3) is 0 Å². The van der Waals surface area contributed by atoms with E-state index in [0.29, 0.717) is 17.0 Å². The smallest absolute Gasteiger partial charge is 0.214 e. The topological polar surface area (TPSA) is 44.9 Å². The van der Waals surface area contributed by atoms with Crippen LogP contribution in [0.1, 0.15) is 40.0 Å². The third kappa shape index (κ3) is 3.82. The summed E-state index contributed by atoms with van der Waals surface area (Å²) in [7, 11) is 3.28. The molecule has 0 N–H and O–H groups in total. The van der Waals surface area contributed by atoms with Gasteiger partial charge in [-0.2, -0.15) is 0 Å². The van der Waals surface area contributed by atoms with Gasteiger partial charge in [0.2, 0.25) is 5.78 Å². The minimum Gasteiger partial charge on any atom is -0.497 e. The summed E-state index contributed by atoms with van der Waals surface area (Å²) in [5.74, 6) is 1.30. The van der Waals surface area contributed by atoms with Gasteiger partial charge >= 0.3 is 0 Å². The standard InChI is InChI=1S/C32H30N2O3/c1-21-14-16-22(17-15-21)27-20-34-30(31(35)25-11-4-5-13-28(25)37-3)29(23-9-8-10-24(19-23)36-2)26-12-6-7-18-33(27)32(26)34/h4-5,8-11,13-17,19-20H,6-7,12,18H2,1-3H3. The fraction of sp³-hybridized carbons (Fsp3) is 0.219. The maximum absolute atomic E-state index is 14.4. The summed E-state index contributed by atoms with van der Waals surface area (Å²) in [6, 6.07) is 24.1. The molecule has 1 aliphatic rings. The minimum atomic E-state index is -0.0512. The van der Waals surface area contributed by atoms with Crippen LogP contribution < -0.4 is 9.47 Å². The third-order valence-corrected chi connectivity index (χ3v) is 7.41. The Morgan fingerprint density at radius 3 is 2.46 bits per heavy atom. The predicted octanol–water partition coefficient (Wildman–Crippen LogP) is 6.97. The zero-order valence-electron chi connectivity index (χ0n) is 21.5. The number of imidazole rings is 1. The molecule has 1 aliphatic heterocycles. The van der Waals surface area contributed by atoms with Crippen LogP contribution in [0.25, 0.3) is 28.0 Å². The summed E-state index contributed by atoms with van der Waals surface area (Å²) < 4.78 is 15.7. The molecule has 2 aromatic heterocycles. The molecule has 0 spiro atoms. The maximum atomic E-state index is 14.4. The van der Waals surface area contributed by atoms with Gasteiger partial charge in [0.05, 0.1) is 25.5 Å². The highest BCUT2D eigenvalue weighted by molar-refractivity contribution is 6.15. The molecule has 0 bridgehead atoms. The van der Waals surface area contributed by atoms with Gasteiger partial charge < -0.3 is 14.0 Å². The van der Waals surface area contributed by atoms with Gasteiger partial charge in [0, 0.05) is 23.9 Å². The van der Waals surface area contributed by atoms with Gasteiger partial charge in [-0.15, -0.1) is 0 Å². The fourth-order valence-electron chi connectivity index (χ4n) is 5.61. The van der Waals surface area contributed by atoms with Crippen molar-refractivity contribution in [3.8, 4) is 33.9 Å². The summed E-state index contributed by atoms with van der Waals surface area (Å²) in [6.45, 7) is 3.02. The molecule has 0 amide bonds. The first-order valence-electron chi connectivity index (χ1n) is 12.8. The molecule has 5 nitrogen and oxygen atoms in total. The lowest BCUT2D eigenvalue weighted by Gasteiger charge is -2.12. The van der Waals surface area contributed by atoms with E-state index in [4.69, 9.17) is 9.47 Å². The number of rotatable bonds is 6. The monoisotopic (exact) mass is 490 g/mol. The van der Waals surface area contributed by atoms with E-state index in [1.807, 2.05) is 42.5 Å². The van der Waals surface area contributed by atoms with Crippen molar-refractivity contribution >= 4 is 11.4 Å². The van der Waals surface area contributed by atoms with E-state index in [9.17, 15) is 4.79 Å². The SMILES string of the molecule is COc1cccc(-c2c3c4n(c(-c5ccc(C)cc5)cn4c2C(=O)c2ccccc2OC)CCCC3)c1. The molecule has 0 saturated heterocycles. The largest absolute Gasteiger partial charge is 0.497 e. The summed E-state index contributed by atoms with van der Waals surface area (Å²) >= 11 is 0. The van der Waals surface area contributed by atoms with Crippen molar-refractivity contribution in [3.05, 3.63) is 101 Å². The van der Waals surface area contributed by atoms with Crippen LogP contribution in [0.15, 0.2) is 79.0 Å². The highest BCUT2D eigenvalue weighted by Crippen LogP contribution is 2.41. The van der Waals surface area contributed by atoms with Gasteiger partial charge in [-0.1, -0.05) is 54.1 Å². The van der Waals surface area contributed by atoms with Crippen LogP contribution in [-0.4, -0.2) is 29.0 Å². The highest BCUT2D eigenvalue weighted by Gasteiger charge is 2.31. The Hall–Kier alpha value is -4.25. The molecule has 37 heavy (non-hydrogen) atoms. The van der Waals surface area contributed by atoms with E-state index in [0.717, 1.165) is 59.6 Å². The quantitative estimate of drug-likeness (QED) is 0.242. The molecule has 0 unspecified atom stereocenters. The number of methoxy groups -OCH3 is 2.